The number of hydrogen-bond acceptors (Lipinski definition) is 15. The average Bonchev–Trinajstić information content (AvgIpc) is 2.55. The fourth-order valence-electron chi connectivity index (χ4n) is 11.2. The molecule has 0 aliphatic carbocycles. The molecule has 7 aromatic rings. The standard InChI is InChI=1S/C35H29N3O8.C30H28N2O5/c1-35(22-44-34(41)45-27-17-15-26(16-18-27)38(42)43)21-29-28(20-25-14-8-9-19-36-25)32(39)37(29)31(35)33(40)46-30(23-10-4-2-5-11-23)24-12-6-3-7-13-24;1-20(33)36-19-30(2)18-25-24(17-23-15-9-10-16-31-23)28(34)32(25)27(30)29(35)37-26(21-11-5-3-6-12-21)22-13-7-4-8-14-22/h2-20,29-31H,21-22H2,1H3;3-17,25-27H,18-19H2,1-2H3/b28-20+;24-17+/t29?,31-,35-;25?,27-,30-/m00/s1. The highest BCUT2D eigenvalue weighted by molar-refractivity contribution is 6.09. The molecule has 4 aliphatic rings. The molecule has 0 spiro atoms. The first-order chi connectivity index (χ1) is 40.1. The Kier molecular flexibility index (Phi) is 16.5. The summed E-state index contributed by atoms with van der Waals surface area (Å²) in [5.41, 5.74) is 3.49. The number of rotatable bonds is 16. The van der Waals surface area contributed by atoms with E-state index in [1.165, 1.54) is 36.1 Å². The van der Waals surface area contributed by atoms with Gasteiger partial charge in [0, 0.05) is 53.4 Å². The van der Waals surface area contributed by atoms with E-state index in [2.05, 4.69) is 9.97 Å². The number of aromatic nitrogens is 2. The second-order valence-electron chi connectivity index (χ2n) is 21.1. The summed E-state index contributed by atoms with van der Waals surface area (Å²) >= 11 is 0. The van der Waals surface area contributed by atoms with E-state index in [0.29, 0.717) is 35.4 Å². The molecule has 83 heavy (non-hydrogen) atoms. The van der Waals surface area contributed by atoms with E-state index < -0.39 is 70.2 Å². The number of nitro groups is 1. The van der Waals surface area contributed by atoms with E-state index in [0.717, 1.165) is 22.3 Å². The Morgan fingerprint density at radius 2 is 0.940 bits per heavy atom. The molecule has 2 amide bonds. The summed E-state index contributed by atoms with van der Waals surface area (Å²) in [5.74, 6) is -2.12. The summed E-state index contributed by atoms with van der Waals surface area (Å²) in [4.78, 5) is 101. The maximum atomic E-state index is 14.2. The van der Waals surface area contributed by atoms with Crippen LogP contribution in [0.3, 0.4) is 0 Å². The molecule has 4 aliphatic heterocycles. The van der Waals surface area contributed by atoms with Crippen LogP contribution in [0.1, 0.15) is 79.5 Å². The molecule has 0 bridgehead atoms. The predicted octanol–water partition coefficient (Wildman–Crippen LogP) is 10.3. The number of pyridine rings is 2. The molecule has 4 saturated heterocycles. The van der Waals surface area contributed by atoms with E-state index in [4.69, 9.17) is 23.7 Å². The number of non-ortho nitro benzene ring substituents is 1. The van der Waals surface area contributed by atoms with Crippen molar-refractivity contribution in [3.8, 4) is 5.75 Å². The number of benzene rings is 5. The van der Waals surface area contributed by atoms with Crippen molar-refractivity contribution < 1.29 is 57.4 Å². The number of amides is 2. The molecule has 6 heterocycles. The second kappa shape index (κ2) is 24.3. The first-order valence-corrected chi connectivity index (χ1v) is 26.8. The zero-order chi connectivity index (χ0) is 58.3. The number of nitro benzene ring substituents is 1. The molecule has 11 rings (SSSR count). The van der Waals surface area contributed by atoms with Crippen LogP contribution in [0.15, 0.2) is 206 Å². The van der Waals surface area contributed by atoms with Gasteiger partial charge < -0.3 is 33.5 Å². The van der Waals surface area contributed by atoms with Gasteiger partial charge in [0.05, 0.1) is 35.0 Å². The summed E-state index contributed by atoms with van der Waals surface area (Å²) < 4.78 is 28.5. The van der Waals surface area contributed by atoms with Crippen LogP contribution in [0.5, 0.6) is 5.75 Å². The van der Waals surface area contributed by atoms with Gasteiger partial charge >= 0.3 is 24.1 Å². The van der Waals surface area contributed by atoms with Gasteiger partial charge in [0.2, 0.25) is 0 Å². The van der Waals surface area contributed by atoms with Gasteiger partial charge in [0.25, 0.3) is 17.5 Å². The van der Waals surface area contributed by atoms with Gasteiger partial charge in [0.15, 0.2) is 12.2 Å². The number of carbonyl (C=O) groups excluding carboxylic acids is 6. The quantitative estimate of drug-likeness (QED) is 0.0167. The average molecular weight is 1120 g/mol. The normalized spacial score (nSPS) is 22.1. The van der Waals surface area contributed by atoms with E-state index in [-0.39, 0.29) is 42.5 Å². The largest absolute Gasteiger partial charge is 0.513 e. The van der Waals surface area contributed by atoms with Gasteiger partial charge in [-0.3, -0.25) is 34.5 Å². The zero-order valence-electron chi connectivity index (χ0n) is 45.5. The van der Waals surface area contributed by atoms with Gasteiger partial charge in [0.1, 0.15) is 24.4 Å². The van der Waals surface area contributed by atoms with E-state index in [9.17, 15) is 38.9 Å². The Labute approximate surface area is 478 Å². The number of esters is 3. The number of fused-ring (bicyclic) bond motifs is 2. The molecule has 6 atom stereocenters. The number of hydrogen-bond donors (Lipinski definition) is 0. The fourth-order valence-corrected chi connectivity index (χ4v) is 11.2. The molecule has 0 radical (unpaired) electrons. The molecular weight excluding hydrogens is 1060 g/mol. The first kappa shape index (κ1) is 56.2. The van der Waals surface area contributed by atoms with Crippen LogP contribution in [0.4, 0.5) is 10.5 Å². The highest BCUT2D eigenvalue weighted by atomic mass is 16.7. The van der Waals surface area contributed by atoms with Crippen LogP contribution in [-0.2, 0) is 42.9 Å². The van der Waals surface area contributed by atoms with Gasteiger partial charge in [-0.05, 0) is 83.6 Å². The second-order valence-corrected chi connectivity index (χ2v) is 21.1. The van der Waals surface area contributed by atoms with Crippen molar-refractivity contribution in [3.05, 3.63) is 249 Å². The highest BCUT2D eigenvalue weighted by Crippen LogP contribution is 2.52. The molecule has 0 N–H and O–H groups in total. The third kappa shape index (κ3) is 12.2. The lowest BCUT2D eigenvalue weighted by Gasteiger charge is -2.41. The van der Waals surface area contributed by atoms with Gasteiger partial charge in [-0.25, -0.2) is 14.4 Å². The maximum Gasteiger partial charge on any atom is 0.513 e. The summed E-state index contributed by atoms with van der Waals surface area (Å²) in [6, 6.07) is 50.7. The van der Waals surface area contributed by atoms with Crippen molar-refractivity contribution in [2.45, 2.75) is 70.0 Å². The summed E-state index contributed by atoms with van der Waals surface area (Å²) in [5, 5.41) is 10.9. The lowest BCUT2D eigenvalue weighted by molar-refractivity contribution is -0.384. The number of ether oxygens (including phenoxy) is 5. The molecular formula is C65H57N5O13. The van der Waals surface area contributed by atoms with Crippen molar-refractivity contribution in [3.63, 3.8) is 0 Å². The predicted molar refractivity (Wildman–Crippen MR) is 302 cm³/mol. The van der Waals surface area contributed by atoms with Gasteiger partial charge in [-0.1, -0.05) is 147 Å². The first-order valence-electron chi connectivity index (χ1n) is 26.8. The number of β-lactam (4-membered cyclic amide) rings is 2. The lowest BCUT2D eigenvalue weighted by atomic mass is 9.81. The van der Waals surface area contributed by atoms with E-state index in [1.54, 1.807) is 48.5 Å². The molecule has 5 aromatic carbocycles. The van der Waals surface area contributed by atoms with Gasteiger partial charge in [-0.15, -0.1) is 0 Å². The van der Waals surface area contributed by atoms with Crippen LogP contribution in [-0.4, -0.2) is 97.9 Å². The smallest absolute Gasteiger partial charge is 0.465 e. The summed E-state index contributed by atoms with van der Waals surface area (Å²) in [7, 11) is 0. The Morgan fingerprint density at radius 3 is 1.29 bits per heavy atom. The highest BCUT2D eigenvalue weighted by Gasteiger charge is 2.64. The van der Waals surface area contributed by atoms with Crippen molar-refractivity contribution in [2.24, 2.45) is 10.8 Å². The minimum Gasteiger partial charge on any atom is -0.465 e. The Morgan fingerprint density at radius 1 is 0.566 bits per heavy atom. The van der Waals surface area contributed by atoms with E-state index in [1.807, 2.05) is 153 Å². The van der Waals surface area contributed by atoms with Crippen molar-refractivity contribution >= 4 is 53.7 Å². The minimum atomic E-state index is -1.08. The molecule has 4 fully saturated rings. The maximum absolute atomic E-state index is 14.2. The van der Waals surface area contributed by atoms with Crippen LogP contribution >= 0.6 is 0 Å². The number of carbonyl (C=O) groups is 6. The van der Waals surface area contributed by atoms with Crippen molar-refractivity contribution in [1.29, 1.82) is 0 Å². The molecule has 2 aromatic heterocycles. The minimum absolute atomic E-state index is 0.000583. The Hall–Kier alpha value is -10.1. The Bertz CT molecular complexity index is 3500. The lowest BCUT2D eigenvalue weighted by Crippen LogP contribution is -2.58. The Balaban J connectivity index is 0.000000190. The van der Waals surface area contributed by atoms with Gasteiger partial charge in [-0.2, -0.15) is 0 Å². The van der Waals surface area contributed by atoms with Crippen LogP contribution in [0, 0.1) is 20.9 Å². The SMILES string of the molecule is CC(=O)OC[C@]1(C)CC2/C(=C\c3ccccn3)C(=O)N2[C@H]1C(=O)OC(c1ccccc1)c1ccccc1.C[C@@]1(COC(=O)Oc2ccc([N+](=O)[O-])cc2)CC2/C(=C\c3ccccn3)C(=O)N2[C@H]1C(=O)OC(c1ccccc1)c1ccccc1. The number of nitrogens with zero attached hydrogens (tertiary/aromatic N) is 5. The van der Waals surface area contributed by atoms with Crippen LogP contribution < -0.4 is 4.74 Å². The molecule has 2 unspecified atom stereocenters. The monoisotopic (exact) mass is 1120 g/mol. The van der Waals surface area contributed by atoms with Crippen LogP contribution in [0.2, 0.25) is 0 Å². The van der Waals surface area contributed by atoms with Crippen LogP contribution in [0.25, 0.3) is 12.2 Å². The topological polar surface area (TPSA) is 224 Å². The summed E-state index contributed by atoms with van der Waals surface area (Å²) in [6.45, 7) is 4.70. The summed E-state index contributed by atoms with van der Waals surface area (Å²) in [6.07, 6.45) is 5.09. The molecule has 18 nitrogen and oxygen atoms in total. The zero-order valence-corrected chi connectivity index (χ0v) is 45.5. The third-order valence-electron chi connectivity index (χ3n) is 15.2. The third-order valence-corrected chi connectivity index (χ3v) is 15.2. The molecule has 0 saturated carbocycles. The molecule has 18 heteroatoms. The van der Waals surface area contributed by atoms with Crippen molar-refractivity contribution in [1.82, 2.24) is 19.8 Å². The molecule has 420 valence electrons. The van der Waals surface area contributed by atoms with E-state index >= 15 is 0 Å². The fraction of sp³-hybridized carbons (Fsp3) is 0.231. The van der Waals surface area contributed by atoms with Crippen molar-refractivity contribution in [2.75, 3.05) is 13.2 Å².